The fourth-order valence-electron chi connectivity index (χ4n) is 5.24. The van der Waals surface area contributed by atoms with E-state index in [2.05, 4.69) is 0 Å². The van der Waals surface area contributed by atoms with E-state index in [1.54, 1.807) is 6.07 Å². The minimum atomic E-state index is -1.13. The van der Waals surface area contributed by atoms with Crippen molar-refractivity contribution in [1.29, 1.82) is 0 Å². The van der Waals surface area contributed by atoms with Crippen LogP contribution in [0.4, 0.5) is 0 Å². The van der Waals surface area contributed by atoms with Crippen molar-refractivity contribution < 1.29 is 33.5 Å². The van der Waals surface area contributed by atoms with Crippen molar-refractivity contribution in [2.75, 3.05) is 19.8 Å². The molecule has 0 spiro atoms. The lowest BCUT2D eigenvalue weighted by atomic mass is 9.78. The lowest BCUT2D eigenvalue weighted by Crippen LogP contribution is -2.36. The van der Waals surface area contributed by atoms with Crippen LogP contribution in [0.25, 0.3) is 0 Å². The van der Waals surface area contributed by atoms with Crippen molar-refractivity contribution in [1.82, 2.24) is 0 Å². The number of fused-ring (bicyclic) bond motifs is 1. The van der Waals surface area contributed by atoms with Gasteiger partial charge in [-0.05, 0) is 37.3 Å². The van der Waals surface area contributed by atoms with Crippen LogP contribution < -0.4 is 15.9 Å². The summed E-state index contributed by atoms with van der Waals surface area (Å²) in [6.45, 7) is 0.201. The summed E-state index contributed by atoms with van der Waals surface area (Å²) in [5.41, 5.74) is 7.08. The molecule has 1 aromatic carbocycles. The van der Waals surface area contributed by atoms with E-state index in [9.17, 15) is 14.6 Å². The molecule has 0 aromatic heterocycles. The van der Waals surface area contributed by atoms with Gasteiger partial charge in [0, 0.05) is 12.0 Å². The molecule has 0 bridgehead atoms. The molecule has 0 saturated heterocycles. The third-order valence-electron chi connectivity index (χ3n) is 7.20. The highest BCUT2D eigenvalue weighted by Crippen LogP contribution is 2.28. The van der Waals surface area contributed by atoms with E-state index in [4.69, 9.17) is 24.6 Å². The summed E-state index contributed by atoms with van der Waals surface area (Å²) in [4.78, 5) is 25.4. The van der Waals surface area contributed by atoms with Gasteiger partial charge in [-0.15, -0.1) is 0 Å². The molecule has 8 nitrogen and oxygen atoms in total. The maximum absolute atomic E-state index is 12.8. The van der Waals surface area contributed by atoms with Gasteiger partial charge in [0.15, 0.2) is 6.10 Å². The highest BCUT2D eigenvalue weighted by Gasteiger charge is 2.37. The molecule has 0 amide bonds. The van der Waals surface area contributed by atoms with Gasteiger partial charge >= 0.3 is 19.1 Å². The number of hydrogen-bond donors (Lipinski definition) is 2. The predicted octanol–water partition coefficient (Wildman–Crippen LogP) is 2.40. The van der Waals surface area contributed by atoms with E-state index in [0.29, 0.717) is 11.2 Å². The summed E-state index contributed by atoms with van der Waals surface area (Å²) in [5, 5.41) is 10.4. The van der Waals surface area contributed by atoms with E-state index in [-0.39, 0.29) is 43.5 Å². The smallest absolute Gasteiger partial charge is 0.490 e. The quantitative estimate of drug-likeness (QED) is 0.415. The highest BCUT2D eigenvalue weighted by molar-refractivity contribution is 6.62. The highest BCUT2D eigenvalue weighted by atomic mass is 16.6. The number of rotatable bonds is 9. The lowest BCUT2D eigenvalue weighted by molar-refractivity contribution is -0.167. The molecule has 1 heterocycles. The summed E-state index contributed by atoms with van der Waals surface area (Å²) in [6.07, 6.45) is 8.62. The van der Waals surface area contributed by atoms with Crippen molar-refractivity contribution in [2.45, 2.75) is 76.4 Å². The van der Waals surface area contributed by atoms with E-state index in [0.717, 1.165) is 69.8 Å². The average molecular weight is 473 g/mol. The van der Waals surface area contributed by atoms with Gasteiger partial charge in [0.2, 0.25) is 0 Å². The second-order valence-electron chi connectivity index (χ2n) is 9.64. The van der Waals surface area contributed by atoms with Crippen LogP contribution in [-0.2, 0) is 23.7 Å². The van der Waals surface area contributed by atoms with Crippen LogP contribution in [-0.4, -0.2) is 49.9 Å². The Morgan fingerprint density at radius 1 is 1.00 bits per heavy atom. The fourth-order valence-corrected chi connectivity index (χ4v) is 5.24. The predicted molar refractivity (Wildman–Crippen MR) is 126 cm³/mol. The molecule has 2 atom stereocenters. The first-order valence-corrected chi connectivity index (χ1v) is 12.7. The molecule has 0 unspecified atom stereocenters. The van der Waals surface area contributed by atoms with Crippen molar-refractivity contribution in [3.05, 3.63) is 23.8 Å². The van der Waals surface area contributed by atoms with Gasteiger partial charge in [-0.25, -0.2) is 0 Å². The number of esters is 2. The van der Waals surface area contributed by atoms with Crippen LogP contribution in [0, 0.1) is 11.8 Å². The van der Waals surface area contributed by atoms with Gasteiger partial charge in [0.1, 0.15) is 19.0 Å². The van der Waals surface area contributed by atoms with Crippen molar-refractivity contribution in [3.8, 4) is 5.75 Å². The average Bonchev–Trinajstić information content (AvgIpc) is 3.22. The summed E-state index contributed by atoms with van der Waals surface area (Å²) < 4.78 is 22.9. The Morgan fingerprint density at radius 2 is 1.65 bits per heavy atom. The monoisotopic (exact) mass is 473 g/mol. The van der Waals surface area contributed by atoms with Gasteiger partial charge in [-0.3, -0.25) is 9.59 Å². The number of hydrogen-bond acceptors (Lipinski definition) is 8. The molecular weight excluding hydrogens is 437 g/mol. The summed E-state index contributed by atoms with van der Waals surface area (Å²) in [5.74, 6) is -0.243. The molecule has 3 aliphatic rings. The summed E-state index contributed by atoms with van der Waals surface area (Å²) >= 11 is 0. The Morgan fingerprint density at radius 3 is 2.29 bits per heavy atom. The van der Waals surface area contributed by atoms with Gasteiger partial charge in [-0.1, -0.05) is 50.7 Å². The van der Waals surface area contributed by atoms with Crippen molar-refractivity contribution in [2.24, 2.45) is 17.6 Å². The van der Waals surface area contributed by atoms with Crippen LogP contribution in [0.5, 0.6) is 5.75 Å². The first-order valence-electron chi connectivity index (χ1n) is 12.7. The van der Waals surface area contributed by atoms with E-state index < -0.39 is 19.3 Å². The van der Waals surface area contributed by atoms with E-state index >= 15 is 0 Å². The number of carbonyl (C=O) groups is 2. The molecular formula is C25H36BNO7. The maximum Gasteiger partial charge on any atom is 0.495 e. The van der Waals surface area contributed by atoms with Crippen molar-refractivity contribution >= 4 is 24.5 Å². The van der Waals surface area contributed by atoms with Crippen molar-refractivity contribution in [3.63, 3.8) is 0 Å². The normalized spacial score (nSPS) is 22.2. The molecule has 2 aliphatic carbocycles. The standard InChI is InChI=1S/C25H36BNO7/c27-14-22-20-12-7-13-21(23(20)26(30)34-22)31-15-19(33-25(29)18-10-5-2-6-11-18)16-32-24(28)17-8-3-1-4-9-17/h7,12-13,17-19,22,30H,1-6,8-11,14-16,27H2/t19-,22+/m0/s1. The number of carbonyl (C=O) groups excluding carboxylic acids is 2. The SMILES string of the molecule is NC[C@H]1OB(O)c2c(OC[C@@H](COC(=O)C3CCCCC3)OC(=O)C3CCCCC3)cccc21. The first kappa shape index (κ1) is 25.0. The zero-order chi connectivity index (χ0) is 23.9. The Labute approximate surface area is 201 Å². The molecule has 4 rings (SSSR count). The third kappa shape index (κ3) is 6.12. The zero-order valence-corrected chi connectivity index (χ0v) is 19.8. The molecule has 2 fully saturated rings. The van der Waals surface area contributed by atoms with Gasteiger partial charge in [0.05, 0.1) is 17.9 Å². The molecule has 34 heavy (non-hydrogen) atoms. The van der Waals surface area contributed by atoms with Gasteiger partial charge < -0.3 is 29.6 Å². The van der Waals surface area contributed by atoms with Crippen LogP contribution in [0.3, 0.4) is 0 Å². The Balaban J connectivity index is 1.41. The van der Waals surface area contributed by atoms with E-state index in [1.165, 1.54) is 0 Å². The maximum atomic E-state index is 12.8. The third-order valence-corrected chi connectivity index (χ3v) is 7.20. The van der Waals surface area contributed by atoms with Crippen LogP contribution in [0.15, 0.2) is 18.2 Å². The van der Waals surface area contributed by atoms with E-state index in [1.807, 2.05) is 12.1 Å². The van der Waals surface area contributed by atoms with Gasteiger partial charge in [-0.2, -0.15) is 0 Å². The molecule has 2 saturated carbocycles. The second kappa shape index (κ2) is 12.0. The lowest BCUT2D eigenvalue weighted by Gasteiger charge is -2.25. The van der Waals surface area contributed by atoms with Crippen LogP contribution in [0.1, 0.15) is 75.9 Å². The summed E-state index contributed by atoms with van der Waals surface area (Å²) in [7, 11) is -1.13. The molecule has 1 aliphatic heterocycles. The summed E-state index contributed by atoms with van der Waals surface area (Å²) in [6, 6.07) is 5.39. The fraction of sp³-hybridized carbons (Fsp3) is 0.680. The minimum absolute atomic E-state index is 0.00682. The number of ether oxygens (including phenoxy) is 3. The zero-order valence-electron chi connectivity index (χ0n) is 19.8. The Kier molecular flexibility index (Phi) is 8.86. The molecule has 1 aromatic rings. The number of benzene rings is 1. The Hall–Kier alpha value is -2.10. The molecule has 9 heteroatoms. The first-order chi connectivity index (χ1) is 16.6. The molecule has 0 radical (unpaired) electrons. The molecule has 3 N–H and O–H groups in total. The molecule has 186 valence electrons. The van der Waals surface area contributed by atoms with Gasteiger partial charge in [0.25, 0.3) is 0 Å². The van der Waals surface area contributed by atoms with Crippen LogP contribution >= 0.6 is 0 Å². The van der Waals surface area contributed by atoms with Crippen LogP contribution in [0.2, 0.25) is 0 Å². The largest absolute Gasteiger partial charge is 0.495 e. The topological polar surface area (TPSA) is 117 Å². The second-order valence-corrected chi connectivity index (χ2v) is 9.64. The number of nitrogens with two attached hydrogens (primary N) is 1. The minimum Gasteiger partial charge on any atom is -0.490 e. The Bertz CT molecular complexity index is 839.